The molecule has 0 saturated heterocycles. The minimum Gasteiger partial charge on any atom is -0.444 e. The van der Waals surface area contributed by atoms with E-state index in [0.29, 0.717) is 17.1 Å². The van der Waals surface area contributed by atoms with Crippen molar-refractivity contribution in [3.8, 4) is 11.4 Å². The van der Waals surface area contributed by atoms with E-state index in [9.17, 15) is 4.79 Å². The summed E-state index contributed by atoms with van der Waals surface area (Å²) in [6, 6.07) is 18.1. The molecular formula is C19H15Cl2N3O2. The molecule has 7 heteroatoms. The molecule has 0 aliphatic heterocycles. The molecule has 3 aromatic rings. The summed E-state index contributed by atoms with van der Waals surface area (Å²) in [5, 5.41) is 0.502. The van der Waals surface area contributed by atoms with Crippen LogP contribution < -0.4 is 4.90 Å². The highest BCUT2D eigenvalue weighted by atomic mass is 35.5. The van der Waals surface area contributed by atoms with Crippen molar-refractivity contribution in [2.75, 3.05) is 11.9 Å². The quantitative estimate of drug-likeness (QED) is 0.575. The Balaban J connectivity index is 1.75. The zero-order valence-corrected chi connectivity index (χ0v) is 15.4. The molecule has 0 spiro atoms. The monoisotopic (exact) mass is 387 g/mol. The Morgan fingerprint density at radius 3 is 2.38 bits per heavy atom. The third-order valence-corrected chi connectivity index (χ3v) is 4.02. The van der Waals surface area contributed by atoms with Crippen LogP contribution in [0.25, 0.3) is 11.4 Å². The molecular weight excluding hydrogens is 373 g/mol. The van der Waals surface area contributed by atoms with Crippen molar-refractivity contribution >= 4 is 35.0 Å². The highest BCUT2D eigenvalue weighted by molar-refractivity contribution is 6.33. The van der Waals surface area contributed by atoms with Gasteiger partial charge in [0.05, 0.1) is 0 Å². The molecule has 5 nitrogen and oxygen atoms in total. The molecule has 3 rings (SSSR count). The van der Waals surface area contributed by atoms with E-state index in [1.54, 1.807) is 25.2 Å². The van der Waals surface area contributed by atoms with Crippen LogP contribution in [0.15, 0.2) is 60.7 Å². The van der Waals surface area contributed by atoms with E-state index >= 15 is 0 Å². The second-order valence-electron chi connectivity index (χ2n) is 5.49. The minimum absolute atomic E-state index is 0.205. The number of halogens is 2. The fourth-order valence-corrected chi connectivity index (χ4v) is 2.72. The molecule has 0 aliphatic rings. The molecule has 0 saturated carbocycles. The van der Waals surface area contributed by atoms with Gasteiger partial charge in [-0.1, -0.05) is 65.7 Å². The topological polar surface area (TPSA) is 55.3 Å². The number of benzene rings is 2. The Bertz CT molecular complexity index is 899. The summed E-state index contributed by atoms with van der Waals surface area (Å²) in [5.41, 5.74) is 2.25. The summed E-state index contributed by atoms with van der Waals surface area (Å²) in [6.07, 6.45) is -0.462. The van der Waals surface area contributed by atoms with Crippen LogP contribution in [0, 0.1) is 0 Å². The fraction of sp³-hybridized carbons (Fsp3) is 0.105. The SMILES string of the molecule is CN(C(=O)OCc1ccccc1)c1cccc(-c2nc(Cl)cc(Cl)n2)c1. The molecule has 132 valence electrons. The van der Waals surface area contributed by atoms with Gasteiger partial charge in [-0.3, -0.25) is 4.90 Å². The first-order chi connectivity index (χ1) is 12.5. The van der Waals surface area contributed by atoms with Gasteiger partial charge in [0, 0.05) is 24.4 Å². The molecule has 0 bridgehead atoms. The number of aromatic nitrogens is 2. The van der Waals surface area contributed by atoms with Gasteiger partial charge >= 0.3 is 6.09 Å². The minimum atomic E-state index is -0.462. The van der Waals surface area contributed by atoms with Gasteiger partial charge in [0.25, 0.3) is 0 Å². The first kappa shape index (κ1) is 18.2. The van der Waals surface area contributed by atoms with Gasteiger partial charge in [0.2, 0.25) is 0 Å². The van der Waals surface area contributed by atoms with Gasteiger partial charge in [-0.25, -0.2) is 14.8 Å². The second kappa shape index (κ2) is 8.17. The van der Waals surface area contributed by atoms with Crippen LogP contribution in [0.3, 0.4) is 0 Å². The predicted molar refractivity (Wildman–Crippen MR) is 103 cm³/mol. The number of amides is 1. The number of hydrogen-bond donors (Lipinski definition) is 0. The number of carbonyl (C=O) groups is 1. The molecule has 26 heavy (non-hydrogen) atoms. The van der Waals surface area contributed by atoms with Crippen molar-refractivity contribution in [3.63, 3.8) is 0 Å². The van der Waals surface area contributed by atoms with Crippen LogP contribution in [-0.2, 0) is 11.3 Å². The van der Waals surface area contributed by atoms with Crippen LogP contribution in [-0.4, -0.2) is 23.1 Å². The zero-order valence-electron chi connectivity index (χ0n) is 13.9. The van der Waals surface area contributed by atoms with E-state index in [-0.39, 0.29) is 16.9 Å². The van der Waals surface area contributed by atoms with Crippen molar-refractivity contribution in [2.24, 2.45) is 0 Å². The fourth-order valence-electron chi connectivity index (χ4n) is 2.29. The lowest BCUT2D eigenvalue weighted by Crippen LogP contribution is -2.26. The average Bonchev–Trinajstić information content (AvgIpc) is 2.65. The van der Waals surface area contributed by atoms with E-state index in [4.69, 9.17) is 27.9 Å². The molecule has 2 aromatic carbocycles. The Labute approximate surface area is 161 Å². The first-order valence-electron chi connectivity index (χ1n) is 7.78. The molecule has 0 fully saturated rings. The number of nitrogens with zero attached hydrogens (tertiary/aromatic N) is 3. The number of hydrogen-bond acceptors (Lipinski definition) is 4. The van der Waals surface area contributed by atoms with Gasteiger partial charge < -0.3 is 4.74 Å². The number of ether oxygens (including phenoxy) is 1. The summed E-state index contributed by atoms with van der Waals surface area (Å²) in [6.45, 7) is 0.205. The van der Waals surface area contributed by atoms with Gasteiger partial charge in [0.15, 0.2) is 5.82 Å². The van der Waals surface area contributed by atoms with E-state index in [1.165, 1.54) is 11.0 Å². The highest BCUT2D eigenvalue weighted by Gasteiger charge is 2.14. The number of anilines is 1. The maximum atomic E-state index is 12.3. The van der Waals surface area contributed by atoms with Gasteiger partial charge in [-0.2, -0.15) is 0 Å². The summed E-state index contributed by atoms with van der Waals surface area (Å²) in [4.78, 5) is 22.0. The van der Waals surface area contributed by atoms with Crippen LogP contribution in [0.1, 0.15) is 5.56 Å². The van der Waals surface area contributed by atoms with Gasteiger partial charge in [-0.15, -0.1) is 0 Å². The van der Waals surface area contributed by atoms with Crippen LogP contribution in [0.4, 0.5) is 10.5 Å². The maximum absolute atomic E-state index is 12.3. The average molecular weight is 388 g/mol. The lowest BCUT2D eigenvalue weighted by Gasteiger charge is -2.18. The molecule has 0 N–H and O–H groups in total. The molecule has 1 amide bonds. The Kier molecular flexibility index (Phi) is 5.71. The summed E-state index contributed by atoms with van der Waals surface area (Å²) in [7, 11) is 1.64. The van der Waals surface area contributed by atoms with E-state index in [2.05, 4.69) is 9.97 Å². The lowest BCUT2D eigenvalue weighted by molar-refractivity contribution is 0.148. The largest absolute Gasteiger partial charge is 0.444 e. The standard InChI is InChI=1S/C19H15Cl2N3O2/c1-24(19(25)26-12-13-6-3-2-4-7-13)15-9-5-8-14(10-15)18-22-16(20)11-17(21)23-18/h2-11H,12H2,1H3. The van der Waals surface area contributed by atoms with Crippen molar-refractivity contribution in [1.82, 2.24) is 9.97 Å². The highest BCUT2D eigenvalue weighted by Crippen LogP contribution is 2.24. The predicted octanol–water partition coefficient (Wildman–Crippen LogP) is 5.22. The second-order valence-corrected chi connectivity index (χ2v) is 6.26. The molecule has 0 aliphatic carbocycles. The molecule has 0 atom stereocenters. The number of carbonyl (C=O) groups excluding carboxylic acids is 1. The molecule has 0 radical (unpaired) electrons. The van der Waals surface area contributed by atoms with Crippen molar-refractivity contribution < 1.29 is 9.53 Å². The Morgan fingerprint density at radius 1 is 1.00 bits per heavy atom. The summed E-state index contributed by atoms with van der Waals surface area (Å²) in [5.74, 6) is 0.385. The normalized spacial score (nSPS) is 10.4. The van der Waals surface area contributed by atoms with E-state index in [1.807, 2.05) is 36.4 Å². The third-order valence-electron chi connectivity index (χ3n) is 3.63. The van der Waals surface area contributed by atoms with Crippen molar-refractivity contribution in [1.29, 1.82) is 0 Å². The van der Waals surface area contributed by atoms with Crippen LogP contribution >= 0.6 is 23.2 Å². The number of rotatable bonds is 4. The maximum Gasteiger partial charge on any atom is 0.414 e. The Morgan fingerprint density at radius 2 is 1.69 bits per heavy atom. The van der Waals surface area contributed by atoms with Crippen molar-refractivity contribution in [2.45, 2.75) is 6.61 Å². The Hall–Kier alpha value is -2.63. The molecule has 0 unspecified atom stereocenters. The summed E-state index contributed by atoms with van der Waals surface area (Å²) < 4.78 is 5.34. The summed E-state index contributed by atoms with van der Waals surface area (Å²) >= 11 is 11.9. The third kappa shape index (κ3) is 4.50. The first-order valence-corrected chi connectivity index (χ1v) is 8.53. The van der Waals surface area contributed by atoms with Gasteiger partial charge in [-0.05, 0) is 17.7 Å². The molecule has 1 heterocycles. The zero-order chi connectivity index (χ0) is 18.5. The van der Waals surface area contributed by atoms with Crippen LogP contribution in [0.2, 0.25) is 10.3 Å². The van der Waals surface area contributed by atoms with Crippen molar-refractivity contribution in [3.05, 3.63) is 76.5 Å². The van der Waals surface area contributed by atoms with Gasteiger partial charge in [0.1, 0.15) is 16.9 Å². The van der Waals surface area contributed by atoms with Crippen LogP contribution in [0.5, 0.6) is 0 Å². The molecule has 1 aromatic heterocycles. The smallest absolute Gasteiger partial charge is 0.414 e. The lowest BCUT2D eigenvalue weighted by atomic mass is 10.2. The van der Waals surface area contributed by atoms with E-state index in [0.717, 1.165) is 5.56 Å². The van der Waals surface area contributed by atoms with E-state index < -0.39 is 6.09 Å².